The van der Waals surface area contributed by atoms with Crippen LogP contribution < -0.4 is 0 Å². The van der Waals surface area contributed by atoms with Crippen molar-refractivity contribution in [3.63, 3.8) is 0 Å². The summed E-state index contributed by atoms with van der Waals surface area (Å²) >= 11 is 0. The molecule has 0 spiro atoms. The lowest BCUT2D eigenvalue weighted by molar-refractivity contribution is -0.109. The van der Waals surface area contributed by atoms with Crippen LogP contribution in [0.5, 0.6) is 0 Å². The smallest absolute Gasteiger partial charge is 0.194 e. The summed E-state index contributed by atoms with van der Waals surface area (Å²) in [5, 5.41) is 11.9. The number of benzene rings is 2. The van der Waals surface area contributed by atoms with Gasteiger partial charge in [-0.2, -0.15) is 0 Å². The van der Waals surface area contributed by atoms with Crippen LogP contribution in [-0.2, 0) is 0 Å². The van der Waals surface area contributed by atoms with Crippen molar-refractivity contribution in [3.05, 3.63) is 83.9 Å². The summed E-state index contributed by atoms with van der Waals surface area (Å²) in [6, 6.07) is 19.8. The summed E-state index contributed by atoms with van der Waals surface area (Å²) in [5.74, 6) is 14.4. The molecule has 4 atom stereocenters. The average Bonchev–Trinajstić information content (AvgIpc) is 3.22. The van der Waals surface area contributed by atoms with Crippen molar-refractivity contribution >= 4 is 0 Å². The summed E-state index contributed by atoms with van der Waals surface area (Å²) in [5.41, 5.74) is 0.341. The predicted molar refractivity (Wildman–Crippen MR) is 107 cm³/mol. The molecule has 1 nitrogen and oxygen atoms in total. The van der Waals surface area contributed by atoms with E-state index >= 15 is 0 Å². The molecular formula is C26H22O. The van der Waals surface area contributed by atoms with Gasteiger partial charge in [-0.25, -0.2) is 0 Å². The van der Waals surface area contributed by atoms with E-state index in [2.05, 4.69) is 35.8 Å². The lowest BCUT2D eigenvalue weighted by atomic mass is 9.48. The monoisotopic (exact) mass is 350 g/mol. The second kappa shape index (κ2) is 6.16. The van der Waals surface area contributed by atoms with Gasteiger partial charge >= 0.3 is 0 Å². The van der Waals surface area contributed by atoms with Gasteiger partial charge in [0, 0.05) is 16.5 Å². The van der Waals surface area contributed by atoms with E-state index in [0.29, 0.717) is 17.8 Å². The molecule has 0 saturated heterocycles. The molecule has 2 bridgehead atoms. The molecule has 0 aromatic heterocycles. The van der Waals surface area contributed by atoms with Crippen LogP contribution in [0, 0.1) is 46.9 Å². The highest BCUT2D eigenvalue weighted by Gasteiger charge is 2.69. The largest absolute Gasteiger partial charge is 0.367 e. The molecule has 0 unspecified atom stereocenters. The summed E-state index contributed by atoms with van der Waals surface area (Å²) in [6.45, 7) is 0. The third kappa shape index (κ3) is 2.47. The van der Waals surface area contributed by atoms with E-state index in [1.807, 2.05) is 60.7 Å². The number of hydrogen-bond donors (Lipinski definition) is 1. The van der Waals surface area contributed by atoms with Gasteiger partial charge in [0.05, 0.1) is 0 Å². The number of hydrogen-bond acceptors (Lipinski definition) is 1. The maximum atomic E-state index is 11.9. The first-order chi connectivity index (χ1) is 13.2. The number of allylic oxidation sites excluding steroid dienone is 2. The molecule has 3 aliphatic carbocycles. The zero-order valence-electron chi connectivity index (χ0n) is 15.2. The van der Waals surface area contributed by atoms with Crippen molar-refractivity contribution in [2.45, 2.75) is 24.9 Å². The lowest BCUT2D eigenvalue weighted by Crippen LogP contribution is -2.59. The van der Waals surface area contributed by atoms with Gasteiger partial charge in [-0.3, -0.25) is 0 Å². The van der Waals surface area contributed by atoms with Gasteiger partial charge in [0.25, 0.3) is 0 Å². The van der Waals surface area contributed by atoms with Gasteiger partial charge in [-0.1, -0.05) is 60.4 Å². The molecule has 2 aromatic rings. The molecule has 132 valence electrons. The van der Waals surface area contributed by atoms with E-state index in [0.717, 1.165) is 24.0 Å². The van der Waals surface area contributed by atoms with Crippen LogP contribution in [0.3, 0.4) is 0 Å². The topological polar surface area (TPSA) is 20.2 Å². The minimum Gasteiger partial charge on any atom is -0.367 e. The SMILES string of the molecule is OC(C#Cc1ccccc1)(C#Cc1ccccc1)[C@@]12CC[C@@H]1[C@H]1C=C[C@@H]2C1. The molecule has 3 aliphatic rings. The van der Waals surface area contributed by atoms with Gasteiger partial charge in [-0.15, -0.1) is 0 Å². The Morgan fingerprint density at radius 1 is 0.852 bits per heavy atom. The molecule has 27 heavy (non-hydrogen) atoms. The van der Waals surface area contributed by atoms with Crippen LogP contribution in [0.25, 0.3) is 0 Å². The Kier molecular flexibility index (Phi) is 3.75. The predicted octanol–water partition coefficient (Wildman–Crippen LogP) is 4.42. The van der Waals surface area contributed by atoms with Crippen LogP contribution in [0.1, 0.15) is 30.4 Å². The fraction of sp³-hybridized carbons (Fsp3) is 0.308. The second-order valence-electron chi connectivity index (χ2n) is 8.02. The maximum Gasteiger partial charge on any atom is 0.194 e. The minimum absolute atomic E-state index is 0.212. The van der Waals surface area contributed by atoms with Crippen molar-refractivity contribution < 1.29 is 5.11 Å². The highest BCUT2D eigenvalue weighted by atomic mass is 16.3. The normalized spacial score (nSPS) is 29.7. The zero-order valence-corrected chi connectivity index (χ0v) is 15.2. The zero-order chi connectivity index (χ0) is 18.3. The van der Waals surface area contributed by atoms with Gasteiger partial charge in [0.1, 0.15) is 0 Å². The highest BCUT2D eigenvalue weighted by Crippen LogP contribution is 2.70. The van der Waals surface area contributed by atoms with E-state index in [-0.39, 0.29) is 5.41 Å². The van der Waals surface area contributed by atoms with Crippen LogP contribution >= 0.6 is 0 Å². The van der Waals surface area contributed by atoms with Gasteiger partial charge < -0.3 is 5.11 Å². The number of rotatable bonds is 1. The Morgan fingerprint density at radius 2 is 1.44 bits per heavy atom. The Morgan fingerprint density at radius 3 is 1.93 bits per heavy atom. The molecule has 5 rings (SSSR count). The van der Waals surface area contributed by atoms with Crippen molar-refractivity contribution in [3.8, 4) is 23.7 Å². The summed E-state index contributed by atoms with van der Waals surface area (Å²) in [4.78, 5) is 0. The van der Waals surface area contributed by atoms with Crippen LogP contribution in [0.4, 0.5) is 0 Å². The Balaban J connectivity index is 1.60. The van der Waals surface area contributed by atoms with Gasteiger partial charge in [0.15, 0.2) is 5.60 Å². The summed E-state index contributed by atoms with van der Waals surface area (Å²) < 4.78 is 0. The third-order valence-electron chi connectivity index (χ3n) is 6.82. The maximum absolute atomic E-state index is 11.9. The molecule has 1 N–H and O–H groups in total. The number of fused-ring (bicyclic) bond motifs is 5. The average molecular weight is 350 g/mol. The fourth-order valence-electron chi connectivity index (χ4n) is 5.44. The van der Waals surface area contributed by atoms with E-state index < -0.39 is 5.60 Å². The Labute approximate surface area is 161 Å². The van der Waals surface area contributed by atoms with E-state index in [9.17, 15) is 5.11 Å². The minimum atomic E-state index is -1.29. The molecule has 0 heterocycles. The van der Waals surface area contributed by atoms with Gasteiger partial charge in [-0.05, 0) is 73.1 Å². The van der Waals surface area contributed by atoms with Crippen LogP contribution in [0.2, 0.25) is 0 Å². The molecule has 2 aromatic carbocycles. The van der Waals surface area contributed by atoms with E-state index in [1.54, 1.807) is 0 Å². The summed E-state index contributed by atoms with van der Waals surface area (Å²) in [6.07, 6.45) is 7.98. The van der Waals surface area contributed by atoms with Crippen molar-refractivity contribution in [1.29, 1.82) is 0 Å². The molecular weight excluding hydrogens is 328 g/mol. The molecule has 0 aliphatic heterocycles. The van der Waals surface area contributed by atoms with Crippen LogP contribution in [-0.4, -0.2) is 10.7 Å². The lowest BCUT2D eigenvalue weighted by Gasteiger charge is -2.55. The molecule has 2 saturated carbocycles. The Hall–Kier alpha value is -2.74. The molecule has 2 fully saturated rings. The molecule has 0 amide bonds. The fourth-order valence-corrected chi connectivity index (χ4v) is 5.44. The van der Waals surface area contributed by atoms with E-state index in [4.69, 9.17) is 0 Å². The summed E-state index contributed by atoms with van der Waals surface area (Å²) in [7, 11) is 0. The van der Waals surface area contributed by atoms with Crippen molar-refractivity contribution in [1.82, 2.24) is 0 Å². The molecule has 1 heteroatoms. The quantitative estimate of drug-likeness (QED) is 0.596. The second-order valence-corrected chi connectivity index (χ2v) is 8.02. The first-order valence-electron chi connectivity index (χ1n) is 9.78. The first kappa shape index (κ1) is 16.4. The standard InChI is InChI=1S/C26H22O/c27-25(16-13-20-7-3-1-4-8-20,17-14-21-9-5-2-6-10-21)26-18-15-24(26)22-11-12-23(26)19-22/h1-12,22-24,27H,15,18-19H2/t22-,23+,24+,26+/m0/s1. The molecule has 0 radical (unpaired) electrons. The van der Waals surface area contributed by atoms with E-state index in [1.165, 1.54) is 6.42 Å². The van der Waals surface area contributed by atoms with Crippen LogP contribution in [0.15, 0.2) is 72.8 Å². The number of aliphatic hydroxyl groups is 1. The first-order valence-corrected chi connectivity index (χ1v) is 9.78. The van der Waals surface area contributed by atoms with Gasteiger partial charge in [0.2, 0.25) is 0 Å². The Bertz CT molecular complexity index is 939. The highest BCUT2D eigenvalue weighted by molar-refractivity contribution is 5.48. The van der Waals surface area contributed by atoms with Crippen molar-refractivity contribution in [2.24, 2.45) is 23.2 Å². The third-order valence-corrected chi connectivity index (χ3v) is 6.82. The van der Waals surface area contributed by atoms with Crippen molar-refractivity contribution in [2.75, 3.05) is 0 Å².